The van der Waals surface area contributed by atoms with Crippen molar-refractivity contribution >= 4 is 11.6 Å². The van der Waals surface area contributed by atoms with Gasteiger partial charge in [-0.3, -0.25) is 4.90 Å². The van der Waals surface area contributed by atoms with Gasteiger partial charge >= 0.3 is 0 Å². The van der Waals surface area contributed by atoms with E-state index in [9.17, 15) is 0 Å². The van der Waals surface area contributed by atoms with E-state index in [1.165, 1.54) is 31.2 Å². The second-order valence-electron chi connectivity index (χ2n) is 5.07. The van der Waals surface area contributed by atoms with Gasteiger partial charge in [0.2, 0.25) is 0 Å². The Balaban J connectivity index is 1.88. The third-order valence-electron chi connectivity index (χ3n) is 4.31. The minimum Gasteiger partial charge on any atom is -0.300 e. The molecule has 1 unspecified atom stereocenters. The number of rotatable bonds is 1. The number of pyridine rings is 1. The lowest BCUT2D eigenvalue weighted by Gasteiger charge is -2.32. The molecule has 2 aliphatic rings. The van der Waals surface area contributed by atoms with Gasteiger partial charge < -0.3 is 0 Å². The monoisotopic (exact) mass is 236 g/mol. The van der Waals surface area contributed by atoms with Crippen molar-refractivity contribution in [1.29, 1.82) is 0 Å². The number of piperidine rings is 1. The summed E-state index contributed by atoms with van der Waals surface area (Å²) in [6.07, 6.45) is 7.34. The molecule has 0 radical (unpaired) electrons. The van der Waals surface area contributed by atoms with E-state index < -0.39 is 0 Å². The fourth-order valence-corrected chi connectivity index (χ4v) is 3.54. The van der Waals surface area contributed by atoms with Crippen LogP contribution >= 0.6 is 11.6 Å². The van der Waals surface area contributed by atoms with Crippen LogP contribution in [0.1, 0.15) is 37.2 Å². The summed E-state index contributed by atoms with van der Waals surface area (Å²) < 4.78 is 0. The van der Waals surface area contributed by atoms with Crippen LogP contribution in [0.3, 0.4) is 0 Å². The summed E-state index contributed by atoms with van der Waals surface area (Å²) >= 11 is 5.84. The highest BCUT2D eigenvalue weighted by Crippen LogP contribution is 2.43. The Bertz CT molecular complexity index is 376. The van der Waals surface area contributed by atoms with Gasteiger partial charge in [-0.05, 0) is 37.9 Å². The first kappa shape index (κ1) is 10.5. The lowest BCUT2D eigenvalue weighted by atomic mass is 9.91. The van der Waals surface area contributed by atoms with E-state index in [0.717, 1.165) is 12.1 Å². The molecule has 2 bridgehead atoms. The predicted octanol–water partition coefficient (Wildman–Crippen LogP) is 3.08. The fraction of sp³-hybridized carbons (Fsp3) is 0.615. The molecule has 0 N–H and O–H groups in total. The molecule has 2 fully saturated rings. The highest BCUT2D eigenvalue weighted by Gasteiger charge is 2.41. The van der Waals surface area contributed by atoms with E-state index >= 15 is 0 Å². The maximum Gasteiger partial charge on any atom is 0.129 e. The van der Waals surface area contributed by atoms with Gasteiger partial charge in [-0.2, -0.15) is 0 Å². The minimum atomic E-state index is 0.595. The van der Waals surface area contributed by atoms with Gasteiger partial charge in [0.05, 0.1) is 0 Å². The third-order valence-corrected chi connectivity index (χ3v) is 4.53. The average Bonchev–Trinajstić information content (AvgIpc) is 2.51. The Morgan fingerprint density at radius 2 is 2.25 bits per heavy atom. The predicted molar refractivity (Wildman–Crippen MR) is 65.8 cm³/mol. The highest BCUT2D eigenvalue weighted by atomic mass is 35.5. The lowest BCUT2D eigenvalue weighted by molar-refractivity contribution is 0.174. The smallest absolute Gasteiger partial charge is 0.129 e. The quantitative estimate of drug-likeness (QED) is 0.697. The number of hydrogen-bond acceptors (Lipinski definition) is 2. The van der Waals surface area contributed by atoms with E-state index in [0.29, 0.717) is 11.1 Å². The number of hydrogen-bond donors (Lipinski definition) is 0. The van der Waals surface area contributed by atoms with Crippen molar-refractivity contribution in [1.82, 2.24) is 9.88 Å². The molecule has 0 amide bonds. The van der Waals surface area contributed by atoms with Gasteiger partial charge in [-0.15, -0.1) is 0 Å². The maximum atomic E-state index is 5.84. The summed E-state index contributed by atoms with van der Waals surface area (Å²) in [6.45, 7) is 0. The molecule has 0 aliphatic carbocycles. The molecule has 3 rings (SSSR count). The second-order valence-corrected chi connectivity index (χ2v) is 5.46. The molecule has 1 aromatic heterocycles. The summed E-state index contributed by atoms with van der Waals surface area (Å²) in [4.78, 5) is 6.78. The molecule has 2 aliphatic heterocycles. The van der Waals surface area contributed by atoms with Crippen LogP contribution in [0.15, 0.2) is 18.3 Å². The summed E-state index contributed by atoms with van der Waals surface area (Å²) in [5.74, 6) is 0.669. The van der Waals surface area contributed by atoms with Crippen LogP contribution in [0, 0.1) is 0 Å². The first-order valence-electron chi connectivity index (χ1n) is 6.09. The van der Waals surface area contributed by atoms with Crippen molar-refractivity contribution in [2.45, 2.75) is 43.7 Å². The molecular formula is C13H17ClN2. The summed E-state index contributed by atoms with van der Waals surface area (Å²) in [5, 5.41) is 0.595. The molecule has 3 atom stereocenters. The van der Waals surface area contributed by atoms with E-state index in [-0.39, 0.29) is 0 Å². The molecule has 86 valence electrons. The average molecular weight is 237 g/mol. The van der Waals surface area contributed by atoms with Crippen LogP contribution in [0.2, 0.25) is 5.15 Å². The normalized spacial score (nSPS) is 34.2. The largest absolute Gasteiger partial charge is 0.300 e. The Morgan fingerprint density at radius 3 is 2.94 bits per heavy atom. The molecule has 0 saturated carbocycles. The van der Waals surface area contributed by atoms with Gasteiger partial charge in [0.15, 0.2) is 0 Å². The number of nitrogens with zero attached hydrogens (tertiary/aromatic N) is 2. The van der Waals surface area contributed by atoms with Gasteiger partial charge in [0, 0.05) is 24.2 Å². The number of likely N-dealkylation sites (N-methyl/N-ethyl adjacent to an activating group) is 1. The maximum absolute atomic E-state index is 5.84. The molecule has 2 nitrogen and oxygen atoms in total. The van der Waals surface area contributed by atoms with E-state index in [2.05, 4.69) is 23.0 Å². The molecular weight excluding hydrogens is 220 g/mol. The summed E-state index contributed by atoms with van der Waals surface area (Å²) in [6, 6.07) is 5.58. The van der Waals surface area contributed by atoms with Gasteiger partial charge in [0.25, 0.3) is 0 Å². The van der Waals surface area contributed by atoms with Crippen LogP contribution in [0.25, 0.3) is 0 Å². The zero-order chi connectivity index (χ0) is 11.1. The van der Waals surface area contributed by atoms with Crippen LogP contribution in [0.4, 0.5) is 0 Å². The molecule has 0 spiro atoms. The Kier molecular flexibility index (Phi) is 2.64. The lowest BCUT2D eigenvalue weighted by Crippen LogP contribution is -2.37. The van der Waals surface area contributed by atoms with Crippen LogP contribution in [-0.2, 0) is 0 Å². The third kappa shape index (κ3) is 1.64. The Hall–Kier alpha value is -0.600. The van der Waals surface area contributed by atoms with Crippen LogP contribution in [-0.4, -0.2) is 29.0 Å². The van der Waals surface area contributed by atoms with Gasteiger partial charge in [0.1, 0.15) is 5.15 Å². The first-order valence-corrected chi connectivity index (χ1v) is 6.47. The van der Waals surface area contributed by atoms with E-state index in [1.807, 2.05) is 12.3 Å². The van der Waals surface area contributed by atoms with Gasteiger partial charge in [-0.1, -0.05) is 24.1 Å². The molecule has 2 saturated heterocycles. The van der Waals surface area contributed by atoms with Crippen molar-refractivity contribution in [2.24, 2.45) is 0 Å². The fourth-order valence-electron chi connectivity index (χ4n) is 3.42. The Labute approximate surface area is 102 Å². The number of halogens is 1. The number of fused-ring (bicyclic) bond motifs is 2. The molecule has 3 heterocycles. The van der Waals surface area contributed by atoms with Crippen LogP contribution in [0.5, 0.6) is 0 Å². The van der Waals surface area contributed by atoms with Crippen molar-refractivity contribution in [2.75, 3.05) is 7.05 Å². The van der Waals surface area contributed by atoms with Crippen molar-refractivity contribution < 1.29 is 0 Å². The molecule has 3 heteroatoms. The Morgan fingerprint density at radius 1 is 1.38 bits per heavy atom. The van der Waals surface area contributed by atoms with E-state index in [4.69, 9.17) is 11.6 Å². The van der Waals surface area contributed by atoms with E-state index in [1.54, 1.807) is 0 Å². The second kappa shape index (κ2) is 4.01. The summed E-state index contributed by atoms with van der Waals surface area (Å²) in [5.41, 5.74) is 1.37. The zero-order valence-electron chi connectivity index (χ0n) is 9.56. The van der Waals surface area contributed by atoms with Gasteiger partial charge in [-0.25, -0.2) is 4.98 Å². The van der Waals surface area contributed by atoms with Crippen molar-refractivity contribution in [3.8, 4) is 0 Å². The summed E-state index contributed by atoms with van der Waals surface area (Å²) in [7, 11) is 2.28. The molecule has 16 heavy (non-hydrogen) atoms. The highest BCUT2D eigenvalue weighted by molar-refractivity contribution is 6.29. The minimum absolute atomic E-state index is 0.595. The van der Waals surface area contributed by atoms with Crippen molar-refractivity contribution in [3.05, 3.63) is 29.0 Å². The van der Waals surface area contributed by atoms with Crippen LogP contribution < -0.4 is 0 Å². The first-order chi connectivity index (χ1) is 7.75. The topological polar surface area (TPSA) is 16.1 Å². The molecule has 0 aromatic carbocycles. The zero-order valence-corrected chi connectivity index (χ0v) is 10.3. The number of aromatic nitrogens is 1. The standard InChI is InChI=1S/C13H17ClN2/c1-16-10-3-2-4-12(16)11(7-10)9-5-6-13(14)15-8-9/h5-6,8,10-12H,2-4,7H2,1H3/t10-,11?,12+/m0/s1. The molecule has 1 aromatic rings. The van der Waals surface area contributed by atoms with Crippen molar-refractivity contribution in [3.63, 3.8) is 0 Å². The SMILES string of the molecule is CN1[C@H]2CCC[C@@H]1C(c1ccc(Cl)nc1)C2.